The average Bonchev–Trinajstić information content (AvgIpc) is 3.02. The number of rotatable bonds is 1. The van der Waals surface area contributed by atoms with Gasteiger partial charge in [-0.3, -0.25) is 0 Å². The molecule has 0 radical (unpaired) electrons. The first-order chi connectivity index (χ1) is 11.2. The van der Waals surface area contributed by atoms with Crippen molar-refractivity contribution in [2.45, 2.75) is 43.8 Å². The van der Waals surface area contributed by atoms with Gasteiger partial charge in [-0.2, -0.15) is 8.42 Å². The molecule has 0 spiro atoms. The van der Waals surface area contributed by atoms with Gasteiger partial charge in [-0.1, -0.05) is 12.1 Å². The second-order valence-electron chi connectivity index (χ2n) is 6.82. The first kappa shape index (κ1) is 16.8. The number of amides is 1. The van der Waals surface area contributed by atoms with E-state index in [0.29, 0.717) is 25.1 Å². The maximum atomic E-state index is 12.1. The zero-order chi connectivity index (χ0) is 17.5. The minimum atomic E-state index is -3.69. The Balaban J connectivity index is 1.68. The number of fused-ring (bicyclic) bond motifs is 1. The highest BCUT2D eigenvalue weighted by molar-refractivity contribution is 7.90. The van der Waals surface area contributed by atoms with Gasteiger partial charge in [-0.25, -0.2) is 4.79 Å². The standard InChI is InChI=1S/C16H20N2O5S/c1-16(2,3)23-15(19)18-9-8-11(10-18)22-14-12-6-4-5-7-13(12)24(20,21)17-14/h4-7,11H,8-10H2,1-3H3/t11-/m1/s1. The highest BCUT2D eigenvalue weighted by Gasteiger charge is 2.35. The molecule has 1 fully saturated rings. The Hall–Kier alpha value is -2.09. The lowest BCUT2D eigenvalue weighted by Crippen LogP contribution is -2.36. The predicted molar refractivity (Wildman–Crippen MR) is 87.5 cm³/mol. The van der Waals surface area contributed by atoms with Crippen LogP contribution in [-0.2, 0) is 19.5 Å². The van der Waals surface area contributed by atoms with E-state index in [-0.39, 0.29) is 16.9 Å². The molecule has 2 aliphatic heterocycles. The monoisotopic (exact) mass is 352 g/mol. The molecule has 0 aromatic heterocycles. The Labute approximate surface area is 141 Å². The molecule has 130 valence electrons. The summed E-state index contributed by atoms with van der Waals surface area (Å²) in [5, 5.41) is 0. The molecule has 0 bridgehead atoms. The van der Waals surface area contributed by atoms with Crippen LogP contribution < -0.4 is 0 Å². The Kier molecular flexibility index (Phi) is 4.03. The zero-order valence-electron chi connectivity index (χ0n) is 13.9. The third-order valence-corrected chi connectivity index (χ3v) is 4.99. The van der Waals surface area contributed by atoms with Crippen molar-refractivity contribution in [3.63, 3.8) is 0 Å². The summed E-state index contributed by atoms with van der Waals surface area (Å²) < 4.78 is 38.8. The lowest BCUT2D eigenvalue weighted by molar-refractivity contribution is 0.0273. The molecule has 24 heavy (non-hydrogen) atoms. The van der Waals surface area contributed by atoms with Gasteiger partial charge in [0.1, 0.15) is 16.6 Å². The van der Waals surface area contributed by atoms with Gasteiger partial charge >= 0.3 is 6.09 Å². The van der Waals surface area contributed by atoms with Crippen molar-refractivity contribution in [1.29, 1.82) is 0 Å². The van der Waals surface area contributed by atoms with E-state index in [1.165, 1.54) is 6.07 Å². The molecular weight excluding hydrogens is 332 g/mol. The first-order valence-corrected chi connectivity index (χ1v) is 9.19. The summed E-state index contributed by atoms with van der Waals surface area (Å²) in [6.45, 7) is 6.27. The molecule has 2 heterocycles. The highest BCUT2D eigenvalue weighted by atomic mass is 32.2. The summed E-state index contributed by atoms with van der Waals surface area (Å²) in [6, 6.07) is 6.56. The molecule has 0 saturated carbocycles. The van der Waals surface area contributed by atoms with Crippen LogP contribution >= 0.6 is 0 Å². The van der Waals surface area contributed by atoms with E-state index in [4.69, 9.17) is 9.47 Å². The van der Waals surface area contributed by atoms with Crippen LogP contribution in [0.15, 0.2) is 33.6 Å². The normalized spacial score (nSPS) is 22.0. The number of ether oxygens (including phenoxy) is 2. The second-order valence-corrected chi connectivity index (χ2v) is 8.40. The number of hydrogen-bond donors (Lipinski definition) is 0. The van der Waals surface area contributed by atoms with Crippen molar-refractivity contribution < 1.29 is 22.7 Å². The molecule has 3 rings (SSSR count). The third kappa shape index (κ3) is 3.38. The topological polar surface area (TPSA) is 85.3 Å². The molecule has 1 atom stereocenters. The van der Waals surface area contributed by atoms with E-state index < -0.39 is 21.7 Å². The molecule has 1 aromatic rings. The van der Waals surface area contributed by atoms with Gasteiger partial charge < -0.3 is 14.4 Å². The van der Waals surface area contributed by atoms with E-state index in [1.54, 1.807) is 23.1 Å². The fourth-order valence-corrected chi connectivity index (χ4v) is 3.78. The van der Waals surface area contributed by atoms with E-state index in [0.717, 1.165) is 0 Å². The maximum absolute atomic E-state index is 12.1. The molecule has 8 heteroatoms. The number of benzene rings is 1. The summed E-state index contributed by atoms with van der Waals surface area (Å²) in [5.41, 5.74) is -0.0910. The van der Waals surface area contributed by atoms with Gasteiger partial charge in [-0.15, -0.1) is 4.40 Å². The van der Waals surface area contributed by atoms with Crippen molar-refractivity contribution in [3.8, 4) is 0 Å². The molecule has 0 aliphatic carbocycles. The van der Waals surface area contributed by atoms with Crippen LogP contribution in [0.4, 0.5) is 4.79 Å². The number of sulfonamides is 1. The molecule has 1 aromatic carbocycles. The van der Waals surface area contributed by atoms with E-state index >= 15 is 0 Å². The Morgan fingerprint density at radius 1 is 1.29 bits per heavy atom. The lowest BCUT2D eigenvalue weighted by Gasteiger charge is -2.24. The van der Waals surface area contributed by atoms with Gasteiger partial charge in [-0.05, 0) is 32.9 Å². The van der Waals surface area contributed by atoms with E-state index in [9.17, 15) is 13.2 Å². The van der Waals surface area contributed by atoms with Crippen LogP contribution in [0.1, 0.15) is 32.8 Å². The first-order valence-electron chi connectivity index (χ1n) is 7.75. The van der Waals surface area contributed by atoms with Crippen LogP contribution in [0.5, 0.6) is 0 Å². The third-order valence-electron chi connectivity index (χ3n) is 3.67. The van der Waals surface area contributed by atoms with Crippen LogP contribution in [0, 0.1) is 0 Å². The quantitative estimate of drug-likeness (QED) is 0.773. The number of carbonyl (C=O) groups excluding carboxylic acids is 1. The Morgan fingerprint density at radius 3 is 2.71 bits per heavy atom. The molecule has 2 aliphatic rings. The van der Waals surface area contributed by atoms with Crippen LogP contribution in [0.2, 0.25) is 0 Å². The second kappa shape index (κ2) is 5.77. The van der Waals surface area contributed by atoms with E-state index in [1.807, 2.05) is 20.8 Å². The van der Waals surface area contributed by atoms with Crippen molar-refractivity contribution in [3.05, 3.63) is 29.8 Å². The summed E-state index contributed by atoms with van der Waals surface area (Å²) in [7, 11) is -3.69. The largest absolute Gasteiger partial charge is 0.471 e. The Bertz CT molecular complexity index is 795. The van der Waals surface area contributed by atoms with Crippen molar-refractivity contribution in [2.75, 3.05) is 13.1 Å². The summed E-state index contributed by atoms with van der Waals surface area (Å²) in [5.74, 6) is 0.0987. The smallest absolute Gasteiger partial charge is 0.410 e. The van der Waals surface area contributed by atoms with Crippen molar-refractivity contribution in [2.24, 2.45) is 4.40 Å². The van der Waals surface area contributed by atoms with E-state index in [2.05, 4.69) is 4.40 Å². The molecule has 0 N–H and O–H groups in total. The number of carbonyl (C=O) groups is 1. The molecule has 1 amide bonds. The van der Waals surface area contributed by atoms with Crippen LogP contribution in [0.3, 0.4) is 0 Å². The van der Waals surface area contributed by atoms with Crippen molar-refractivity contribution >= 4 is 22.0 Å². The SMILES string of the molecule is CC(C)(C)OC(=O)N1CC[C@@H](OC2=NS(=O)(=O)c3ccccc32)C1. The van der Waals surface area contributed by atoms with Gasteiger partial charge in [0, 0.05) is 13.0 Å². The molecule has 0 unspecified atom stereocenters. The van der Waals surface area contributed by atoms with Gasteiger partial charge in [0.2, 0.25) is 5.90 Å². The average molecular weight is 352 g/mol. The fourth-order valence-electron chi connectivity index (χ4n) is 2.64. The predicted octanol–water partition coefficient (Wildman–Crippen LogP) is 2.16. The summed E-state index contributed by atoms with van der Waals surface area (Å²) in [4.78, 5) is 13.8. The molecular formula is C16H20N2O5S. The van der Waals surface area contributed by atoms with Crippen LogP contribution in [-0.4, -0.2) is 50.1 Å². The minimum Gasteiger partial charge on any atom is -0.471 e. The molecule has 1 saturated heterocycles. The van der Waals surface area contributed by atoms with Gasteiger partial charge in [0.05, 0.1) is 12.1 Å². The van der Waals surface area contributed by atoms with Crippen molar-refractivity contribution in [1.82, 2.24) is 4.90 Å². The fraction of sp³-hybridized carbons (Fsp3) is 0.500. The maximum Gasteiger partial charge on any atom is 0.410 e. The lowest BCUT2D eigenvalue weighted by atomic mass is 10.2. The Morgan fingerprint density at radius 2 is 2.00 bits per heavy atom. The van der Waals surface area contributed by atoms with Gasteiger partial charge in [0.15, 0.2) is 0 Å². The number of nitrogens with zero attached hydrogens (tertiary/aromatic N) is 2. The number of hydrogen-bond acceptors (Lipinski definition) is 5. The number of likely N-dealkylation sites (tertiary alicyclic amines) is 1. The van der Waals surface area contributed by atoms with Gasteiger partial charge in [0.25, 0.3) is 10.0 Å². The summed E-state index contributed by atoms with van der Waals surface area (Å²) >= 11 is 0. The minimum absolute atomic E-state index is 0.0987. The summed E-state index contributed by atoms with van der Waals surface area (Å²) in [6.07, 6.45) is -0.104. The highest BCUT2D eigenvalue weighted by Crippen LogP contribution is 2.28. The molecule has 7 nitrogen and oxygen atoms in total. The van der Waals surface area contributed by atoms with Crippen LogP contribution in [0.25, 0.3) is 0 Å². The zero-order valence-corrected chi connectivity index (χ0v) is 14.7.